The monoisotopic (exact) mass is 221 g/mol. The standard InChI is InChI=1S/C14H23NO/c1-11(15)9-12-5-7-13(8-6-12)14(2,3)10-16-4/h5-8,11H,9-10,15H2,1-4H3. The van der Waals surface area contributed by atoms with E-state index in [0.717, 1.165) is 13.0 Å². The van der Waals surface area contributed by atoms with Gasteiger partial charge in [0.25, 0.3) is 0 Å². The quantitative estimate of drug-likeness (QED) is 0.829. The molecule has 1 unspecified atom stereocenters. The van der Waals surface area contributed by atoms with E-state index in [9.17, 15) is 0 Å². The molecule has 0 bridgehead atoms. The largest absolute Gasteiger partial charge is 0.384 e. The summed E-state index contributed by atoms with van der Waals surface area (Å²) in [5.41, 5.74) is 8.45. The van der Waals surface area contributed by atoms with Gasteiger partial charge in [-0.1, -0.05) is 38.1 Å². The molecule has 0 saturated carbocycles. The minimum atomic E-state index is 0.0710. The first-order chi connectivity index (χ1) is 7.45. The molecule has 1 rings (SSSR count). The number of rotatable bonds is 5. The van der Waals surface area contributed by atoms with Gasteiger partial charge in [-0.15, -0.1) is 0 Å². The van der Waals surface area contributed by atoms with E-state index in [2.05, 4.69) is 38.1 Å². The van der Waals surface area contributed by atoms with Crippen LogP contribution in [0.1, 0.15) is 31.9 Å². The van der Waals surface area contributed by atoms with Crippen LogP contribution < -0.4 is 5.73 Å². The molecule has 2 N–H and O–H groups in total. The Morgan fingerprint density at radius 2 is 1.81 bits per heavy atom. The van der Waals surface area contributed by atoms with Crippen molar-refractivity contribution in [3.05, 3.63) is 35.4 Å². The minimum Gasteiger partial charge on any atom is -0.384 e. The van der Waals surface area contributed by atoms with Crippen molar-refractivity contribution in [2.75, 3.05) is 13.7 Å². The van der Waals surface area contributed by atoms with Gasteiger partial charge in [-0.25, -0.2) is 0 Å². The van der Waals surface area contributed by atoms with E-state index >= 15 is 0 Å². The number of ether oxygens (including phenoxy) is 1. The van der Waals surface area contributed by atoms with Gasteiger partial charge in [0.1, 0.15) is 0 Å². The van der Waals surface area contributed by atoms with Crippen LogP contribution >= 0.6 is 0 Å². The van der Waals surface area contributed by atoms with Gasteiger partial charge in [-0.2, -0.15) is 0 Å². The Bertz CT molecular complexity index is 314. The van der Waals surface area contributed by atoms with Crippen LogP contribution in [0, 0.1) is 0 Å². The van der Waals surface area contributed by atoms with Crippen LogP contribution in [0.5, 0.6) is 0 Å². The summed E-state index contributed by atoms with van der Waals surface area (Å²) < 4.78 is 5.24. The Hall–Kier alpha value is -0.860. The third-order valence-electron chi connectivity index (χ3n) is 2.80. The van der Waals surface area contributed by atoms with Gasteiger partial charge in [0, 0.05) is 18.6 Å². The molecule has 0 aliphatic rings. The van der Waals surface area contributed by atoms with Crippen molar-refractivity contribution in [3.8, 4) is 0 Å². The Morgan fingerprint density at radius 3 is 2.25 bits per heavy atom. The zero-order chi connectivity index (χ0) is 12.2. The summed E-state index contributed by atoms with van der Waals surface area (Å²) in [5.74, 6) is 0. The fourth-order valence-corrected chi connectivity index (χ4v) is 1.91. The number of methoxy groups -OCH3 is 1. The molecule has 0 aromatic heterocycles. The summed E-state index contributed by atoms with van der Waals surface area (Å²) in [7, 11) is 1.74. The van der Waals surface area contributed by atoms with E-state index in [-0.39, 0.29) is 11.5 Å². The molecule has 0 saturated heterocycles. The third kappa shape index (κ3) is 3.62. The van der Waals surface area contributed by atoms with Gasteiger partial charge in [0.05, 0.1) is 6.61 Å². The van der Waals surface area contributed by atoms with Crippen LogP contribution in [0.25, 0.3) is 0 Å². The Labute approximate surface area is 98.8 Å². The fourth-order valence-electron chi connectivity index (χ4n) is 1.91. The molecule has 1 aromatic carbocycles. The molecule has 2 heteroatoms. The van der Waals surface area contributed by atoms with E-state index < -0.39 is 0 Å². The van der Waals surface area contributed by atoms with Crippen molar-refractivity contribution >= 4 is 0 Å². The molecular formula is C14H23NO. The van der Waals surface area contributed by atoms with Gasteiger partial charge in [-0.05, 0) is 24.5 Å². The van der Waals surface area contributed by atoms with E-state index in [1.807, 2.05) is 6.92 Å². The molecule has 0 spiro atoms. The summed E-state index contributed by atoms with van der Waals surface area (Å²) >= 11 is 0. The highest BCUT2D eigenvalue weighted by Crippen LogP contribution is 2.23. The maximum Gasteiger partial charge on any atom is 0.0553 e. The lowest BCUT2D eigenvalue weighted by atomic mass is 9.85. The molecule has 0 heterocycles. The predicted octanol–water partition coefficient (Wildman–Crippen LogP) is 2.50. The summed E-state index contributed by atoms with van der Waals surface area (Å²) in [5, 5.41) is 0. The summed E-state index contributed by atoms with van der Waals surface area (Å²) in [6.45, 7) is 7.15. The van der Waals surface area contributed by atoms with E-state index in [4.69, 9.17) is 10.5 Å². The second-order valence-electron chi connectivity index (χ2n) is 5.20. The molecule has 2 nitrogen and oxygen atoms in total. The average Bonchev–Trinajstić information content (AvgIpc) is 2.17. The maximum atomic E-state index is 5.78. The second-order valence-corrected chi connectivity index (χ2v) is 5.20. The van der Waals surface area contributed by atoms with Crippen LogP contribution in [-0.4, -0.2) is 19.8 Å². The second kappa shape index (κ2) is 5.46. The van der Waals surface area contributed by atoms with Crippen molar-refractivity contribution in [1.29, 1.82) is 0 Å². The van der Waals surface area contributed by atoms with Crippen molar-refractivity contribution in [3.63, 3.8) is 0 Å². The fraction of sp³-hybridized carbons (Fsp3) is 0.571. The molecule has 1 atom stereocenters. The summed E-state index contributed by atoms with van der Waals surface area (Å²) in [6.07, 6.45) is 0.936. The molecule has 0 radical (unpaired) electrons. The lowest BCUT2D eigenvalue weighted by molar-refractivity contribution is 0.146. The normalized spacial score (nSPS) is 13.8. The van der Waals surface area contributed by atoms with Crippen LogP contribution in [0.3, 0.4) is 0 Å². The van der Waals surface area contributed by atoms with Crippen LogP contribution in [0.15, 0.2) is 24.3 Å². The van der Waals surface area contributed by atoms with Gasteiger partial charge in [0.2, 0.25) is 0 Å². The van der Waals surface area contributed by atoms with Gasteiger partial charge < -0.3 is 10.5 Å². The molecule has 16 heavy (non-hydrogen) atoms. The van der Waals surface area contributed by atoms with Gasteiger partial charge in [-0.3, -0.25) is 0 Å². The van der Waals surface area contributed by atoms with E-state index in [1.54, 1.807) is 7.11 Å². The Kier molecular flexibility index (Phi) is 4.51. The maximum absolute atomic E-state index is 5.78. The highest BCUT2D eigenvalue weighted by molar-refractivity contribution is 5.28. The SMILES string of the molecule is COCC(C)(C)c1ccc(CC(C)N)cc1. The molecule has 0 aliphatic heterocycles. The first kappa shape index (κ1) is 13.2. The zero-order valence-corrected chi connectivity index (χ0v) is 10.8. The van der Waals surface area contributed by atoms with Gasteiger partial charge in [0.15, 0.2) is 0 Å². The van der Waals surface area contributed by atoms with Gasteiger partial charge >= 0.3 is 0 Å². The number of hydrogen-bond acceptors (Lipinski definition) is 2. The Morgan fingerprint density at radius 1 is 1.25 bits per heavy atom. The van der Waals surface area contributed by atoms with Crippen molar-refractivity contribution < 1.29 is 4.74 Å². The van der Waals surface area contributed by atoms with E-state index in [0.29, 0.717) is 0 Å². The molecule has 0 fully saturated rings. The summed E-state index contributed by atoms with van der Waals surface area (Å²) in [4.78, 5) is 0. The lowest BCUT2D eigenvalue weighted by Gasteiger charge is -2.24. The molecule has 0 aliphatic carbocycles. The summed E-state index contributed by atoms with van der Waals surface area (Å²) in [6, 6.07) is 8.90. The van der Waals surface area contributed by atoms with Crippen LogP contribution in [0.2, 0.25) is 0 Å². The van der Waals surface area contributed by atoms with Crippen LogP contribution in [0.4, 0.5) is 0 Å². The third-order valence-corrected chi connectivity index (χ3v) is 2.80. The van der Waals surface area contributed by atoms with Crippen molar-refractivity contribution in [1.82, 2.24) is 0 Å². The molecule has 0 amide bonds. The van der Waals surface area contributed by atoms with Crippen molar-refractivity contribution in [2.24, 2.45) is 5.73 Å². The number of benzene rings is 1. The first-order valence-electron chi connectivity index (χ1n) is 5.79. The lowest BCUT2D eigenvalue weighted by Crippen LogP contribution is -2.23. The first-order valence-corrected chi connectivity index (χ1v) is 5.79. The Balaban J connectivity index is 2.78. The highest BCUT2D eigenvalue weighted by Gasteiger charge is 2.19. The van der Waals surface area contributed by atoms with Crippen molar-refractivity contribution in [2.45, 2.75) is 38.6 Å². The van der Waals surface area contributed by atoms with E-state index in [1.165, 1.54) is 11.1 Å². The number of hydrogen-bond donors (Lipinski definition) is 1. The van der Waals surface area contributed by atoms with Crippen LogP contribution in [-0.2, 0) is 16.6 Å². The number of nitrogens with two attached hydrogens (primary N) is 1. The molecule has 90 valence electrons. The smallest absolute Gasteiger partial charge is 0.0553 e. The highest BCUT2D eigenvalue weighted by atomic mass is 16.5. The topological polar surface area (TPSA) is 35.2 Å². The predicted molar refractivity (Wildman–Crippen MR) is 68.7 cm³/mol. The molecular weight excluding hydrogens is 198 g/mol. The minimum absolute atomic E-state index is 0.0710. The molecule has 1 aromatic rings. The zero-order valence-electron chi connectivity index (χ0n) is 10.8. The average molecular weight is 221 g/mol.